The Kier molecular flexibility index (Phi) is 10.8. The minimum Gasteiger partial charge on any atom is -0.352 e. The van der Waals surface area contributed by atoms with Gasteiger partial charge >= 0.3 is 0 Å². The van der Waals surface area contributed by atoms with Crippen LogP contribution < -0.4 is 5.32 Å². The van der Waals surface area contributed by atoms with Crippen LogP contribution in [0.15, 0.2) is 78.9 Å². The average molecular weight is 519 g/mol. The molecule has 4 nitrogen and oxygen atoms in total. The lowest BCUT2D eigenvalue weighted by atomic mass is 9.99. The number of benzene rings is 3. The first-order valence-electron chi connectivity index (χ1n) is 13.2. The van der Waals surface area contributed by atoms with E-state index in [9.17, 15) is 9.59 Å². The third-order valence-corrected chi connectivity index (χ3v) is 7.02. The maximum atomic E-state index is 13.8. The highest BCUT2D eigenvalue weighted by molar-refractivity contribution is 6.30. The molecule has 37 heavy (non-hydrogen) atoms. The first-order valence-corrected chi connectivity index (χ1v) is 13.6. The second-order valence-corrected chi connectivity index (χ2v) is 10.5. The van der Waals surface area contributed by atoms with Crippen molar-refractivity contribution in [2.24, 2.45) is 0 Å². The van der Waals surface area contributed by atoms with Crippen LogP contribution in [0.3, 0.4) is 0 Å². The fourth-order valence-electron chi connectivity index (χ4n) is 4.29. The summed E-state index contributed by atoms with van der Waals surface area (Å²) in [6, 6.07) is 25.2. The quantitative estimate of drug-likeness (QED) is 0.282. The molecule has 0 aromatic heterocycles. The van der Waals surface area contributed by atoms with E-state index in [1.807, 2.05) is 68.4 Å². The van der Waals surface area contributed by atoms with Gasteiger partial charge in [-0.15, -0.1) is 0 Å². The van der Waals surface area contributed by atoms with Crippen molar-refractivity contribution in [1.82, 2.24) is 10.2 Å². The monoisotopic (exact) mass is 518 g/mol. The topological polar surface area (TPSA) is 49.4 Å². The highest BCUT2D eigenvalue weighted by Crippen LogP contribution is 2.20. The van der Waals surface area contributed by atoms with Gasteiger partial charge in [-0.1, -0.05) is 99.1 Å². The van der Waals surface area contributed by atoms with Gasteiger partial charge in [-0.2, -0.15) is 0 Å². The molecule has 196 valence electrons. The molecule has 0 saturated carbocycles. The molecule has 5 heteroatoms. The fourth-order valence-corrected chi connectivity index (χ4v) is 4.50. The standard InChI is InChI=1S/C32H39ClN2O2/c1-5-24(4)34-32(37)30(21-26-10-7-6-8-11-26)35(22-27-12-9-13-29(33)20-27)31(36)19-16-25-14-17-28(18-15-25)23(2)3/h6-15,17-18,20,23-24,30H,5,16,19,21-22H2,1-4H3,(H,34,37)/t24-,30+/m1/s1. The van der Waals surface area contributed by atoms with E-state index in [1.54, 1.807) is 4.90 Å². The smallest absolute Gasteiger partial charge is 0.243 e. The van der Waals surface area contributed by atoms with Crippen LogP contribution in [0.5, 0.6) is 0 Å². The summed E-state index contributed by atoms with van der Waals surface area (Å²) in [5, 5.41) is 3.72. The molecule has 0 unspecified atom stereocenters. The normalized spacial score (nSPS) is 12.7. The molecular formula is C32H39ClN2O2. The summed E-state index contributed by atoms with van der Waals surface area (Å²) in [6.07, 6.45) is 2.20. The van der Waals surface area contributed by atoms with E-state index in [0.29, 0.717) is 36.7 Å². The van der Waals surface area contributed by atoms with Crippen molar-refractivity contribution in [3.05, 3.63) is 106 Å². The van der Waals surface area contributed by atoms with Crippen LogP contribution in [0.2, 0.25) is 5.02 Å². The Morgan fingerprint density at radius 2 is 1.54 bits per heavy atom. The number of aryl methyl sites for hydroxylation is 1. The number of nitrogens with one attached hydrogen (secondary N) is 1. The lowest BCUT2D eigenvalue weighted by Gasteiger charge is -2.32. The van der Waals surface area contributed by atoms with Crippen LogP contribution in [-0.2, 0) is 29.0 Å². The summed E-state index contributed by atoms with van der Waals surface area (Å²) < 4.78 is 0. The Bertz CT molecular complexity index is 1140. The molecule has 0 aliphatic heterocycles. The van der Waals surface area contributed by atoms with Crippen molar-refractivity contribution in [3.63, 3.8) is 0 Å². The van der Waals surface area contributed by atoms with E-state index in [0.717, 1.165) is 23.1 Å². The van der Waals surface area contributed by atoms with Crippen molar-refractivity contribution < 1.29 is 9.59 Å². The lowest BCUT2D eigenvalue weighted by molar-refractivity contribution is -0.141. The number of rotatable bonds is 12. The first-order chi connectivity index (χ1) is 17.8. The Balaban J connectivity index is 1.89. The summed E-state index contributed by atoms with van der Waals surface area (Å²) in [5.41, 5.74) is 4.31. The fraction of sp³-hybridized carbons (Fsp3) is 0.375. The minimum absolute atomic E-state index is 0.0216. The molecule has 3 aromatic carbocycles. The van der Waals surface area contributed by atoms with Crippen LogP contribution >= 0.6 is 11.6 Å². The SMILES string of the molecule is CC[C@@H](C)NC(=O)[C@H](Cc1ccccc1)N(Cc1cccc(Cl)c1)C(=O)CCc1ccc(C(C)C)cc1. The van der Waals surface area contributed by atoms with E-state index >= 15 is 0 Å². The van der Waals surface area contributed by atoms with Gasteiger partial charge in [0.2, 0.25) is 11.8 Å². The van der Waals surface area contributed by atoms with Crippen LogP contribution in [0.25, 0.3) is 0 Å². The minimum atomic E-state index is -0.633. The summed E-state index contributed by atoms with van der Waals surface area (Å²) in [5.74, 6) is 0.287. The molecule has 2 atom stereocenters. The van der Waals surface area contributed by atoms with E-state index in [-0.39, 0.29) is 17.9 Å². The van der Waals surface area contributed by atoms with Gasteiger partial charge in [0.05, 0.1) is 0 Å². The third-order valence-electron chi connectivity index (χ3n) is 6.79. The maximum Gasteiger partial charge on any atom is 0.243 e. The number of hydrogen-bond donors (Lipinski definition) is 1. The van der Waals surface area contributed by atoms with Gasteiger partial charge in [0.25, 0.3) is 0 Å². The predicted molar refractivity (Wildman–Crippen MR) is 153 cm³/mol. The van der Waals surface area contributed by atoms with E-state index in [2.05, 4.69) is 43.4 Å². The van der Waals surface area contributed by atoms with Crippen LogP contribution in [0.1, 0.15) is 68.7 Å². The molecule has 0 spiro atoms. The van der Waals surface area contributed by atoms with Gasteiger partial charge < -0.3 is 10.2 Å². The second-order valence-electron chi connectivity index (χ2n) is 10.1. The summed E-state index contributed by atoms with van der Waals surface area (Å²) in [7, 11) is 0. The third kappa shape index (κ3) is 8.75. The van der Waals surface area contributed by atoms with E-state index in [4.69, 9.17) is 11.6 Å². The molecule has 1 N–H and O–H groups in total. The van der Waals surface area contributed by atoms with Gasteiger partial charge in [-0.25, -0.2) is 0 Å². The largest absolute Gasteiger partial charge is 0.352 e. The Hall–Kier alpha value is -3.11. The first kappa shape index (κ1) is 28.5. The molecule has 0 aliphatic carbocycles. The van der Waals surface area contributed by atoms with Crippen LogP contribution in [0.4, 0.5) is 0 Å². The molecule has 3 aromatic rings. The Labute approximate surface area is 227 Å². The molecule has 3 rings (SSSR count). The van der Waals surface area contributed by atoms with Gasteiger partial charge in [0.15, 0.2) is 0 Å². The lowest BCUT2D eigenvalue weighted by Crippen LogP contribution is -2.52. The van der Waals surface area contributed by atoms with Crippen molar-refractivity contribution in [2.45, 2.75) is 77.9 Å². The van der Waals surface area contributed by atoms with Crippen molar-refractivity contribution in [3.8, 4) is 0 Å². The predicted octanol–water partition coefficient (Wildman–Crippen LogP) is 6.95. The number of amides is 2. The number of nitrogens with zero attached hydrogens (tertiary/aromatic N) is 1. The highest BCUT2D eigenvalue weighted by atomic mass is 35.5. The summed E-state index contributed by atoms with van der Waals surface area (Å²) in [4.78, 5) is 29.1. The number of halogens is 1. The van der Waals surface area contributed by atoms with Gasteiger partial charge in [-0.3, -0.25) is 9.59 Å². The maximum absolute atomic E-state index is 13.8. The molecule has 0 bridgehead atoms. The molecular weight excluding hydrogens is 480 g/mol. The van der Waals surface area contributed by atoms with E-state index in [1.165, 1.54) is 5.56 Å². The molecule has 0 heterocycles. The average Bonchev–Trinajstić information content (AvgIpc) is 2.90. The molecule has 0 radical (unpaired) electrons. The van der Waals surface area contributed by atoms with Crippen molar-refractivity contribution >= 4 is 23.4 Å². The summed E-state index contributed by atoms with van der Waals surface area (Å²) in [6.45, 7) is 8.68. The van der Waals surface area contributed by atoms with Gasteiger partial charge in [0.1, 0.15) is 6.04 Å². The van der Waals surface area contributed by atoms with Crippen molar-refractivity contribution in [1.29, 1.82) is 0 Å². The number of hydrogen-bond acceptors (Lipinski definition) is 2. The Morgan fingerprint density at radius 3 is 2.16 bits per heavy atom. The second kappa shape index (κ2) is 14.0. The number of carbonyl (C=O) groups excluding carboxylic acids is 2. The zero-order valence-corrected chi connectivity index (χ0v) is 23.2. The number of carbonyl (C=O) groups is 2. The Morgan fingerprint density at radius 1 is 0.865 bits per heavy atom. The van der Waals surface area contributed by atoms with Crippen LogP contribution in [-0.4, -0.2) is 28.8 Å². The van der Waals surface area contributed by atoms with Gasteiger partial charge in [0, 0.05) is 30.5 Å². The molecule has 0 aliphatic rings. The van der Waals surface area contributed by atoms with Crippen LogP contribution in [0, 0.1) is 0 Å². The molecule has 0 saturated heterocycles. The highest BCUT2D eigenvalue weighted by Gasteiger charge is 2.30. The van der Waals surface area contributed by atoms with Gasteiger partial charge in [-0.05, 0) is 60.1 Å². The van der Waals surface area contributed by atoms with E-state index < -0.39 is 6.04 Å². The zero-order chi connectivity index (χ0) is 26.8. The molecule has 0 fully saturated rings. The summed E-state index contributed by atoms with van der Waals surface area (Å²) >= 11 is 6.26. The van der Waals surface area contributed by atoms with Crippen molar-refractivity contribution in [2.75, 3.05) is 0 Å². The zero-order valence-electron chi connectivity index (χ0n) is 22.4. The molecule has 2 amide bonds.